The van der Waals surface area contributed by atoms with Gasteiger partial charge >= 0.3 is 0 Å². The Bertz CT molecular complexity index is 1300. The van der Waals surface area contributed by atoms with Crippen molar-refractivity contribution in [1.82, 2.24) is 9.80 Å². The van der Waals surface area contributed by atoms with Gasteiger partial charge in [0.25, 0.3) is 0 Å². The fraction of sp³-hybridized carbons (Fsp3) is 0.345. The first kappa shape index (κ1) is 19.2. The quantitative estimate of drug-likeness (QED) is 0.662. The number of carbonyl (C=O) groups is 1. The Balaban J connectivity index is 1.26. The van der Waals surface area contributed by atoms with Gasteiger partial charge in [-0.2, -0.15) is 0 Å². The van der Waals surface area contributed by atoms with Gasteiger partial charge in [0.15, 0.2) is 0 Å². The highest BCUT2D eigenvalue weighted by atomic mass is 16.6. The van der Waals surface area contributed by atoms with E-state index in [1.165, 1.54) is 22.4 Å². The number of nitrogens with zero attached hydrogens (tertiary/aromatic N) is 2. The number of para-hydroxylation sites is 1. The second kappa shape index (κ2) is 6.49. The van der Waals surface area contributed by atoms with Crippen molar-refractivity contribution in [2.24, 2.45) is 0 Å². The number of piperazine rings is 1. The third-order valence-corrected chi connectivity index (χ3v) is 9.09. The maximum Gasteiger partial charge on any atom is 0.240 e. The van der Waals surface area contributed by atoms with E-state index in [0.29, 0.717) is 6.54 Å². The zero-order chi connectivity index (χ0) is 22.5. The van der Waals surface area contributed by atoms with Crippen molar-refractivity contribution in [3.63, 3.8) is 0 Å². The van der Waals surface area contributed by atoms with Crippen molar-refractivity contribution >= 4 is 11.6 Å². The summed E-state index contributed by atoms with van der Waals surface area (Å²) in [4.78, 5) is 18.6. The van der Waals surface area contributed by atoms with E-state index < -0.39 is 5.60 Å². The van der Waals surface area contributed by atoms with Crippen molar-refractivity contribution in [2.75, 3.05) is 11.9 Å². The second-order valence-corrected chi connectivity index (χ2v) is 10.5. The molecule has 4 saturated heterocycles. The number of nitrogens with one attached hydrogen (secondary N) is 1. The molecule has 34 heavy (non-hydrogen) atoms. The molecule has 5 heterocycles. The molecule has 1 N–H and O–H groups in total. The molecule has 1 amide bonds. The topological polar surface area (TPSA) is 44.8 Å². The highest BCUT2D eigenvalue weighted by Gasteiger charge is 2.86. The van der Waals surface area contributed by atoms with Crippen LogP contribution in [0.5, 0.6) is 0 Å². The van der Waals surface area contributed by atoms with Gasteiger partial charge in [-0.1, -0.05) is 78.9 Å². The predicted octanol–water partition coefficient (Wildman–Crippen LogP) is 3.56. The molecular formula is C29H27N3O2. The largest absolute Gasteiger partial charge is 0.377 e. The summed E-state index contributed by atoms with van der Waals surface area (Å²) in [5.74, 6) is 0.258. The Hall–Kier alpha value is -3.15. The highest BCUT2D eigenvalue weighted by molar-refractivity contribution is 5.85. The molecule has 0 saturated carbocycles. The lowest BCUT2D eigenvalue weighted by atomic mass is 9.64. The molecule has 6 atom stereocenters. The monoisotopic (exact) mass is 449 g/mol. The summed E-state index contributed by atoms with van der Waals surface area (Å²) in [5, 5.41) is 3.86. The summed E-state index contributed by atoms with van der Waals surface area (Å²) in [6.07, 6.45) is 1.76. The van der Waals surface area contributed by atoms with Crippen LogP contribution < -0.4 is 5.32 Å². The number of rotatable bonds is 4. The third kappa shape index (κ3) is 2.12. The lowest BCUT2D eigenvalue weighted by Crippen LogP contribution is -2.74. The lowest BCUT2D eigenvalue weighted by molar-refractivity contribution is -0.279. The van der Waals surface area contributed by atoms with Crippen LogP contribution in [-0.2, 0) is 28.1 Å². The smallest absolute Gasteiger partial charge is 0.240 e. The number of hydrogen-bond donors (Lipinski definition) is 1. The second-order valence-electron chi connectivity index (χ2n) is 10.5. The van der Waals surface area contributed by atoms with E-state index >= 15 is 0 Å². The average molecular weight is 450 g/mol. The van der Waals surface area contributed by atoms with Gasteiger partial charge in [0.2, 0.25) is 5.91 Å². The molecule has 8 rings (SSSR count). The highest BCUT2D eigenvalue weighted by Crippen LogP contribution is 2.71. The van der Waals surface area contributed by atoms with E-state index in [1.54, 1.807) is 0 Å². The van der Waals surface area contributed by atoms with E-state index in [2.05, 4.69) is 94.0 Å². The summed E-state index contributed by atoms with van der Waals surface area (Å²) < 4.78 is 6.93. The van der Waals surface area contributed by atoms with Gasteiger partial charge in [-0.25, -0.2) is 0 Å². The summed E-state index contributed by atoms with van der Waals surface area (Å²) in [6.45, 7) is 1.40. The van der Waals surface area contributed by atoms with Crippen LogP contribution in [0.25, 0.3) is 0 Å². The third-order valence-electron chi connectivity index (χ3n) is 9.09. The molecule has 4 unspecified atom stereocenters. The van der Waals surface area contributed by atoms with Gasteiger partial charge in [0, 0.05) is 30.8 Å². The van der Waals surface area contributed by atoms with E-state index in [9.17, 15) is 4.79 Å². The van der Waals surface area contributed by atoms with E-state index in [-0.39, 0.29) is 35.7 Å². The number of ether oxygens (including phenoxy) is 1. The zero-order valence-electron chi connectivity index (χ0n) is 18.9. The Morgan fingerprint density at radius 1 is 0.912 bits per heavy atom. The van der Waals surface area contributed by atoms with Crippen molar-refractivity contribution in [2.45, 2.75) is 54.8 Å². The van der Waals surface area contributed by atoms with Gasteiger partial charge < -0.3 is 15.0 Å². The van der Waals surface area contributed by atoms with Crippen molar-refractivity contribution < 1.29 is 9.53 Å². The maximum atomic E-state index is 13.9. The molecule has 3 aromatic rings. The van der Waals surface area contributed by atoms with Gasteiger partial charge in [-0.15, -0.1) is 0 Å². The van der Waals surface area contributed by atoms with Gasteiger partial charge in [-0.3, -0.25) is 9.69 Å². The Kier molecular flexibility index (Phi) is 3.67. The summed E-state index contributed by atoms with van der Waals surface area (Å²) in [5.41, 5.74) is 4.36. The van der Waals surface area contributed by atoms with Crippen LogP contribution in [0.4, 0.5) is 5.69 Å². The minimum Gasteiger partial charge on any atom is -0.377 e. The normalized spacial score (nSPS) is 36.5. The number of anilines is 1. The summed E-state index contributed by atoms with van der Waals surface area (Å²) in [7, 11) is 0. The number of benzene rings is 3. The van der Waals surface area contributed by atoms with Crippen LogP contribution in [0.15, 0.2) is 84.9 Å². The van der Waals surface area contributed by atoms with E-state index in [4.69, 9.17) is 4.74 Å². The van der Waals surface area contributed by atoms with Gasteiger partial charge in [-0.05, 0) is 23.6 Å². The van der Waals surface area contributed by atoms with Gasteiger partial charge in [0.1, 0.15) is 5.60 Å². The van der Waals surface area contributed by atoms with E-state index in [0.717, 1.165) is 19.4 Å². The molecular weight excluding hydrogens is 422 g/mol. The number of fused-ring (bicyclic) bond motifs is 2. The first-order chi connectivity index (χ1) is 16.7. The Morgan fingerprint density at radius 2 is 1.62 bits per heavy atom. The standard InChI is InChI=1S/C29H27N3O2/c33-27-23-15-25-28(16-19-9-3-1-4-10-19)29(34-25)21-13-7-8-14-22(21)30-26(29)24(32(23)28)18-31(27)17-20-11-5-2-6-12-20/h1-14,23-26,30H,15-18H2/t23-,24-,25?,26?,28?,29?/m0/s1. The molecule has 0 bridgehead atoms. The van der Waals surface area contributed by atoms with Crippen LogP contribution in [-0.4, -0.2) is 52.0 Å². The summed E-state index contributed by atoms with van der Waals surface area (Å²) in [6, 6.07) is 30.0. The van der Waals surface area contributed by atoms with Crippen molar-refractivity contribution in [3.8, 4) is 0 Å². The molecule has 0 aliphatic carbocycles. The molecule has 0 radical (unpaired) electrons. The van der Waals surface area contributed by atoms with E-state index in [1.807, 2.05) is 6.07 Å². The number of hydrogen-bond acceptors (Lipinski definition) is 4. The predicted molar refractivity (Wildman–Crippen MR) is 129 cm³/mol. The molecule has 5 aliphatic rings. The first-order valence-electron chi connectivity index (χ1n) is 12.4. The fourth-order valence-electron chi connectivity index (χ4n) is 7.99. The molecule has 0 aromatic heterocycles. The first-order valence-corrected chi connectivity index (χ1v) is 12.4. The number of amides is 1. The molecule has 1 spiro atoms. The van der Waals surface area contributed by atoms with Crippen LogP contribution in [0, 0.1) is 0 Å². The van der Waals surface area contributed by atoms with Gasteiger partial charge in [0.05, 0.1) is 29.8 Å². The minimum absolute atomic E-state index is 0.0683. The van der Waals surface area contributed by atoms with Crippen molar-refractivity contribution in [3.05, 3.63) is 102 Å². The van der Waals surface area contributed by atoms with Crippen molar-refractivity contribution in [1.29, 1.82) is 0 Å². The fourth-order valence-corrected chi connectivity index (χ4v) is 7.99. The Morgan fingerprint density at radius 3 is 2.41 bits per heavy atom. The number of carbonyl (C=O) groups excluding carboxylic acids is 1. The minimum atomic E-state index is -0.410. The maximum absolute atomic E-state index is 13.9. The van der Waals surface area contributed by atoms with Crippen LogP contribution in [0.3, 0.4) is 0 Å². The molecule has 3 aromatic carbocycles. The molecule has 5 heteroatoms. The van der Waals surface area contributed by atoms with Crippen LogP contribution in [0.1, 0.15) is 23.1 Å². The van der Waals surface area contributed by atoms with Crippen LogP contribution in [0.2, 0.25) is 0 Å². The molecule has 5 nitrogen and oxygen atoms in total. The SMILES string of the molecule is O=C1[C@@H]2CC3OC45c6ccccc6NC4[C@H](CN1Cc1ccccc1)N2C35Cc1ccccc1. The molecule has 170 valence electrons. The zero-order valence-corrected chi connectivity index (χ0v) is 18.9. The summed E-state index contributed by atoms with van der Waals surface area (Å²) >= 11 is 0. The Labute approximate surface area is 199 Å². The van der Waals surface area contributed by atoms with Crippen LogP contribution >= 0.6 is 0 Å². The average Bonchev–Trinajstić information content (AvgIpc) is 3.39. The molecule has 4 fully saturated rings. The molecule has 5 aliphatic heterocycles. The lowest BCUT2D eigenvalue weighted by Gasteiger charge is -2.59.